The van der Waals surface area contributed by atoms with Crippen molar-refractivity contribution in [2.24, 2.45) is 0 Å². The molecular weight excluding hydrogens is 407 g/mol. The van der Waals surface area contributed by atoms with Gasteiger partial charge in [0.2, 0.25) is 5.91 Å². The van der Waals surface area contributed by atoms with E-state index >= 15 is 0 Å². The standard InChI is InChI=1S/C24H27FN6O/c1-14-22-23(29(3)15(2)24(32)30(22)4)28-21(27-14)10-5-16-12-26-31(13-16)20-11-19(20)17-6-8-18(25)9-7-17/h6-9,12-13,15,19-20H,5,10-11H2,1-4H3/t15-,19-,20-/m0/s1. The van der Waals surface area contributed by atoms with E-state index in [1.54, 1.807) is 11.9 Å². The van der Waals surface area contributed by atoms with Crippen molar-refractivity contribution in [1.82, 2.24) is 19.7 Å². The van der Waals surface area contributed by atoms with Gasteiger partial charge in [-0.25, -0.2) is 14.4 Å². The summed E-state index contributed by atoms with van der Waals surface area (Å²) >= 11 is 0. The number of hydrogen-bond acceptors (Lipinski definition) is 5. The number of benzene rings is 1. The fourth-order valence-corrected chi connectivity index (χ4v) is 4.58. The van der Waals surface area contributed by atoms with Gasteiger partial charge in [-0.05, 0) is 49.9 Å². The summed E-state index contributed by atoms with van der Waals surface area (Å²) in [5.41, 5.74) is 3.90. The van der Waals surface area contributed by atoms with Gasteiger partial charge in [-0.2, -0.15) is 5.10 Å². The second-order valence-corrected chi connectivity index (χ2v) is 8.87. The normalized spacial score (nSPS) is 22.3. The van der Waals surface area contributed by atoms with Crippen molar-refractivity contribution in [2.75, 3.05) is 23.9 Å². The number of aromatic nitrogens is 4. The van der Waals surface area contributed by atoms with E-state index in [-0.39, 0.29) is 17.8 Å². The van der Waals surface area contributed by atoms with E-state index in [4.69, 9.17) is 4.98 Å². The van der Waals surface area contributed by atoms with E-state index in [9.17, 15) is 9.18 Å². The molecule has 32 heavy (non-hydrogen) atoms. The molecule has 5 rings (SSSR count). The Morgan fingerprint density at radius 3 is 2.62 bits per heavy atom. The summed E-state index contributed by atoms with van der Waals surface area (Å²) in [5, 5.41) is 4.56. The van der Waals surface area contributed by atoms with Crippen molar-refractivity contribution >= 4 is 17.4 Å². The number of fused-ring (bicyclic) bond motifs is 1. The number of nitrogens with zero attached hydrogens (tertiary/aromatic N) is 6. The number of anilines is 2. The molecule has 0 radical (unpaired) electrons. The van der Waals surface area contributed by atoms with Gasteiger partial charge in [0, 0.05) is 32.6 Å². The zero-order valence-corrected chi connectivity index (χ0v) is 18.8. The number of rotatable bonds is 5. The number of amides is 1. The van der Waals surface area contributed by atoms with E-state index < -0.39 is 0 Å². The van der Waals surface area contributed by atoms with Gasteiger partial charge in [0.25, 0.3) is 0 Å². The summed E-state index contributed by atoms with van der Waals surface area (Å²) in [7, 11) is 3.69. The Morgan fingerprint density at radius 2 is 1.88 bits per heavy atom. The SMILES string of the molecule is Cc1nc(CCc2cnn([C@H]3C[C@H]3c3ccc(F)cc3)c2)nc2c1N(C)C(=O)[C@H](C)N2C. The molecule has 1 fully saturated rings. The fraction of sp³-hybridized carbons (Fsp3) is 0.417. The molecular formula is C24H27FN6O. The average Bonchev–Trinajstić information content (AvgIpc) is 3.44. The maximum Gasteiger partial charge on any atom is 0.249 e. The summed E-state index contributed by atoms with van der Waals surface area (Å²) in [4.78, 5) is 25.5. The van der Waals surface area contributed by atoms with E-state index in [1.807, 2.05) is 48.8 Å². The van der Waals surface area contributed by atoms with Crippen LogP contribution in [0, 0.1) is 12.7 Å². The topological polar surface area (TPSA) is 67.2 Å². The molecule has 0 saturated heterocycles. The summed E-state index contributed by atoms with van der Waals surface area (Å²) in [6, 6.07) is 6.85. The summed E-state index contributed by atoms with van der Waals surface area (Å²) in [6.45, 7) is 3.82. The van der Waals surface area contributed by atoms with Crippen molar-refractivity contribution in [3.8, 4) is 0 Å². The Labute approximate surface area is 186 Å². The number of likely N-dealkylation sites (N-methyl/N-ethyl adjacent to an activating group) is 2. The molecule has 1 saturated carbocycles. The third-order valence-electron chi connectivity index (χ3n) is 6.71. The Balaban J connectivity index is 1.27. The molecule has 7 nitrogen and oxygen atoms in total. The van der Waals surface area contributed by atoms with Crippen LogP contribution in [-0.4, -0.2) is 45.8 Å². The van der Waals surface area contributed by atoms with Crippen LogP contribution in [0.1, 0.15) is 47.9 Å². The van der Waals surface area contributed by atoms with E-state index in [0.29, 0.717) is 18.4 Å². The number of carbonyl (C=O) groups is 1. The first kappa shape index (κ1) is 20.6. The maximum atomic E-state index is 13.2. The molecule has 166 valence electrons. The first-order valence-corrected chi connectivity index (χ1v) is 11.0. The molecule has 3 heterocycles. The van der Waals surface area contributed by atoms with Gasteiger partial charge in [0.1, 0.15) is 23.4 Å². The Morgan fingerprint density at radius 1 is 1.12 bits per heavy atom. The lowest BCUT2D eigenvalue weighted by molar-refractivity contribution is -0.119. The van der Waals surface area contributed by atoms with Gasteiger partial charge in [-0.15, -0.1) is 0 Å². The average molecular weight is 435 g/mol. The number of carbonyl (C=O) groups excluding carboxylic acids is 1. The lowest BCUT2D eigenvalue weighted by Gasteiger charge is -2.37. The van der Waals surface area contributed by atoms with Gasteiger partial charge in [-0.1, -0.05) is 12.1 Å². The van der Waals surface area contributed by atoms with Crippen LogP contribution in [0.15, 0.2) is 36.7 Å². The molecule has 3 atom stereocenters. The van der Waals surface area contributed by atoms with Crippen molar-refractivity contribution in [3.63, 3.8) is 0 Å². The lowest BCUT2D eigenvalue weighted by atomic mass is 10.1. The first-order valence-electron chi connectivity index (χ1n) is 11.0. The quantitative estimate of drug-likeness (QED) is 0.616. The molecule has 1 amide bonds. The molecule has 2 aromatic heterocycles. The Hall–Kier alpha value is -3.29. The van der Waals surface area contributed by atoms with Crippen LogP contribution in [0.3, 0.4) is 0 Å². The van der Waals surface area contributed by atoms with Crippen LogP contribution < -0.4 is 9.80 Å². The van der Waals surface area contributed by atoms with Crippen LogP contribution in [0.4, 0.5) is 15.9 Å². The monoisotopic (exact) mass is 434 g/mol. The third kappa shape index (κ3) is 3.53. The molecule has 0 N–H and O–H groups in total. The predicted molar refractivity (Wildman–Crippen MR) is 120 cm³/mol. The second kappa shape index (κ2) is 7.69. The van der Waals surface area contributed by atoms with Crippen molar-refractivity contribution in [1.29, 1.82) is 0 Å². The lowest BCUT2D eigenvalue weighted by Crippen LogP contribution is -2.50. The minimum absolute atomic E-state index is 0.0471. The van der Waals surface area contributed by atoms with E-state index in [0.717, 1.165) is 47.0 Å². The van der Waals surface area contributed by atoms with Crippen molar-refractivity contribution in [3.05, 3.63) is 65.1 Å². The van der Waals surface area contributed by atoms with Crippen LogP contribution in [-0.2, 0) is 17.6 Å². The highest BCUT2D eigenvalue weighted by atomic mass is 19.1. The molecule has 0 spiro atoms. The highest BCUT2D eigenvalue weighted by Crippen LogP contribution is 2.51. The van der Waals surface area contributed by atoms with Crippen LogP contribution in [0.5, 0.6) is 0 Å². The summed E-state index contributed by atoms with van der Waals surface area (Å²) < 4.78 is 15.2. The minimum atomic E-state index is -0.250. The molecule has 1 aromatic carbocycles. The molecule has 8 heteroatoms. The Bertz CT molecular complexity index is 1170. The molecule has 0 unspecified atom stereocenters. The second-order valence-electron chi connectivity index (χ2n) is 8.87. The highest BCUT2D eigenvalue weighted by Gasteiger charge is 2.40. The van der Waals surface area contributed by atoms with E-state index in [1.165, 1.54) is 12.1 Å². The Kier molecular flexibility index (Phi) is 4.95. The van der Waals surface area contributed by atoms with Gasteiger partial charge < -0.3 is 9.80 Å². The van der Waals surface area contributed by atoms with Gasteiger partial charge in [0.05, 0.1) is 17.9 Å². The number of hydrogen-bond donors (Lipinski definition) is 0. The summed E-state index contributed by atoms with van der Waals surface area (Å²) in [5.74, 6) is 1.81. The van der Waals surface area contributed by atoms with Crippen molar-refractivity contribution in [2.45, 2.75) is 51.1 Å². The highest BCUT2D eigenvalue weighted by molar-refractivity contribution is 6.04. The number of aryl methyl sites for hydroxylation is 3. The third-order valence-corrected chi connectivity index (χ3v) is 6.71. The number of halogens is 1. The first-order chi connectivity index (χ1) is 15.3. The van der Waals surface area contributed by atoms with E-state index in [2.05, 4.69) is 16.3 Å². The van der Waals surface area contributed by atoms with Gasteiger partial charge in [0.15, 0.2) is 5.82 Å². The zero-order chi connectivity index (χ0) is 22.6. The fourth-order valence-electron chi connectivity index (χ4n) is 4.58. The van der Waals surface area contributed by atoms with Crippen LogP contribution >= 0.6 is 0 Å². The maximum absolute atomic E-state index is 13.2. The largest absolute Gasteiger partial charge is 0.346 e. The van der Waals surface area contributed by atoms with Crippen molar-refractivity contribution < 1.29 is 9.18 Å². The predicted octanol–water partition coefficient (Wildman–Crippen LogP) is 3.44. The van der Waals surface area contributed by atoms with Gasteiger partial charge >= 0.3 is 0 Å². The molecule has 0 bridgehead atoms. The zero-order valence-electron chi connectivity index (χ0n) is 18.8. The van der Waals surface area contributed by atoms with Crippen LogP contribution in [0.25, 0.3) is 0 Å². The van der Waals surface area contributed by atoms with Crippen LogP contribution in [0.2, 0.25) is 0 Å². The smallest absolute Gasteiger partial charge is 0.249 e. The molecule has 3 aromatic rings. The summed E-state index contributed by atoms with van der Waals surface area (Å²) in [6.07, 6.45) is 6.52. The molecule has 1 aliphatic heterocycles. The molecule has 1 aliphatic carbocycles. The molecule has 2 aliphatic rings. The minimum Gasteiger partial charge on any atom is -0.346 e. The van der Waals surface area contributed by atoms with Gasteiger partial charge in [-0.3, -0.25) is 9.48 Å².